The number of anilines is 1. The van der Waals surface area contributed by atoms with Crippen molar-refractivity contribution in [1.82, 2.24) is 9.38 Å². The van der Waals surface area contributed by atoms with Crippen molar-refractivity contribution in [2.24, 2.45) is 0 Å². The van der Waals surface area contributed by atoms with Crippen molar-refractivity contribution in [3.63, 3.8) is 0 Å². The Morgan fingerprint density at radius 2 is 2.05 bits per heavy atom. The number of pyridine rings is 1. The number of hydrogen-bond acceptors (Lipinski definition) is 3. The Kier molecular flexibility index (Phi) is 2.57. The van der Waals surface area contributed by atoms with Crippen LogP contribution in [-0.2, 0) is 0 Å². The number of phenolic OH excluding ortho intramolecular Hbond substituents is 1. The summed E-state index contributed by atoms with van der Waals surface area (Å²) in [5.74, 6) is -0.162. The maximum absolute atomic E-state index is 13.2. The van der Waals surface area contributed by atoms with Gasteiger partial charge < -0.3 is 10.8 Å². The van der Waals surface area contributed by atoms with Crippen molar-refractivity contribution < 1.29 is 9.50 Å². The normalized spacial score (nSPS) is 11.1. The fourth-order valence-corrected chi connectivity index (χ4v) is 2.11. The number of phenols is 1. The second-order valence-corrected chi connectivity index (χ2v) is 4.52. The molecule has 0 saturated carbocycles. The van der Waals surface area contributed by atoms with Gasteiger partial charge in [-0.2, -0.15) is 0 Å². The minimum Gasteiger partial charge on any atom is -0.507 e. The topological polar surface area (TPSA) is 63.5 Å². The molecule has 2 aromatic heterocycles. The fraction of sp³-hybridized carbons (Fsp3) is 0. The lowest BCUT2D eigenvalue weighted by Gasteiger charge is -2.03. The summed E-state index contributed by atoms with van der Waals surface area (Å²) in [6.07, 6.45) is 1.24. The molecular formula is C13H9ClFN3O. The lowest BCUT2D eigenvalue weighted by atomic mass is 10.1. The monoisotopic (exact) mass is 277 g/mol. The van der Waals surface area contributed by atoms with Gasteiger partial charge >= 0.3 is 0 Å². The molecule has 0 fully saturated rings. The van der Waals surface area contributed by atoms with E-state index in [-0.39, 0.29) is 11.6 Å². The molecular weight excluding hydrogens is 269 g/mol. The van der Waals surface area contributed by atoms with Crippen LogP contribution in [0.4, 0.5) is 10.2 Å². The quantitative estimate of drug-likeness (QED) is 0.718. The van der Waals surface area contributed by atoms with E-state index in [9.17, 15) is 9.50 Å². The Morgan fingerprint density at radius 3 is 2.84 bits per heavy atom. The van der Waals surface area contributed by atoms with E-state index in [1.807, 2.05) is 0 Å². The van der Waals surface area contributed by atoms with Crippen molar-refractivity contribution in [2.75, 3.05) is 5.73 Å². The summed E-state index contributed by atoms with van der Waals surface area (Å²) in [4.78, 5) is 4.28. The summed E-state index contributed by atoms with van der Waals surface area (Å²) >= 11 is 5.90. The highest BCUT2D eigenvalue weighted by Gasteiger charge is 2.15. The van der Waals surface area contributed by atoms with E-state index in [1.54, 1.807) is 12.1 Å². The molecule has 3 rings (SSSR count). The predicted octanol–water partition coefficient (Wildman–Crippen LogP) is 3.08. The number of aromatic nitrogens is 2. The summed E-state index contributed by atoms with van der Waals surface area (Å²) < 4.78 is 14.6. The van der Waals surface area contributed by atoms with Crippen LogP contribution in [0, 0.1) is 5.82 Å². The molecule has 1 aromatic carbocycles. The van der Waals surface area contributed by atoms with E-state index in [2.05, 4.69) is 4.98 Å². The minimum atomic E-state index is -0.418. The van der Waals surface area contributed by atoms with Gasteiger partial charge in [-0.05, 0) is 30.3 Å². The van der Waals surface area contributed by atoms with Crippen LogP contribution < -0.4 is 5.73 Å². The van der Waals surface area contributed by atoms with Gasteiger partial charge in [0.05, 0.1) is 0 Å². The summed E-state index contributed by atoms with van der Waals surface area (Å²) in [5.41, 5.74) is 7.21. The zero-order valence-electron chi connectivity index (χ0n) is 9.64. The van der Waals surface area contributed by atoms with Gasteiger partial charge in [-0.15, -0.1) is 0 Å². The van der Waals surface area contributed by atoms with Gasteiger partial charge in [-0.25, -0.2) is 9.37 Å². The number of imidazole rings is 1. The average molecular weight is 278 g/mol. The predicted molar refractivity (Wildman–Crippen MR) is 71.7 cm³/mol. The van der Waals surface area contributed by atoms with Crippen molar-refractivity contribution in [2.45, 2.75) is 0 Å². The molecule has 0 radical (unpaired) electrons. The lowest BCUT2D eigenvalue weighted by molar-refractivity contribution is 0.477. The number of hydrogen-bond donors (Lipinski definition) is 2. The van der Waals surface area contributed by atoms with Crippen LogP contribution in [0.1, 0.15) is 0 Å². The largest absolute Gasteiger partial charge is 0.507 e. The van der Waals surface area contributed by atoms with E-state index in [0.29, 0.717) is 21.9 Å². The molecule has 0 unspecified atom stereocenters. The highest BCUT2D eigenvalue weighted by Crippen LogP contribution is 2.34. The number of aromatic hydroxyl groups is 1. The highest BCUT2D eigenvalue weighted by molar-refractivity contribution is 6.31. The van der Waals surface area contributed by atoms with E-state index in [0.717, 1.165) is 0 Å². The van der Waals surface area contributed by atoms with Crippen LogP contribution >= 0.6 is 11.6 Å². The SMILES string of the molecule is Nc1c(-c2cc(Cl)ccc2O)nc2ccc(F)cn12. The average Bonchev–Trinajstić information content (AvgIpc) is 2.70. The van der Waals surface area contributed by atoms with Crippen LogP contribution in [0.3, 0.4) is 0 Å². The first-order chi connectivity index (χ1) is 9.06. The zero-order valence-corrected chi connectivity index (χ0v) is 10.4. The van der Waals surface area contributed by atoms with Crippen LogP contribution in [0.2, 0.25) is 5.02 Å². The van der Waals surface area contributed by atoms with Crippen LogP contribution in [0.25, 0.3) is 16.9 Å². The van der Waals surface area contributed by atoms with Gasteiger partial charge in [-0.3, -0.25) is 4.40 Å². The van der Waals surface area contributed by atoms with Gasteiger partial charge in [0.25, 0.3) is 0 Å². The van der Waals surface area contributed by atoms with E-state index < -0.39 is 5.82 Å². The first-order valence-electron chi connectivity index (χ1n) is 5.48. The van der Waals surface area contributed by atoms with Crippen molar-refractivity contribution in [3.8, 4) is 17.0 Å². The molecule has 19 heavy (non-hydrogen) atoms. The third-order valence-electron chi connectivity index (χ3n) is 2.83. The Labute approximate surface area is 112 Å². The smallest absolute Gasteiger partial charge is 0.140 e. The Morgan fingerprint density at radius 1 is 1.26 bits per heavy atom. The molecule has 0 bridgehead atoms. The Bertz CT molecular complexity index is 785. The molecule has 4 nitrogen and oxygen atoms in total. The number of nitrogens with zero attached hydrogens (tertiary/aromatic N) is 2. The molecule has 0 aliphatic heterocycles. The van der Waals surface area contributed by atoms with Crippen molar-refractivity contribution in [3.05, 3.63) is 47.4 Å². The van der Waals surface area contributed by atoms with E-state index in [4.69, 9.17) is 17.3 Å². The number of rotatable bonds is 1. The summed E-state index contributed by atoms with van der Waals surface area (Å²) in [7, 11) is 0. The molecule has 3 N–H and O–H groups in total. The van der Waals surface area contributed by atoms with Gasteiger partial charge in [-0.1, -0.05) is 11.6 Å². The molecule has 6 heteroatoms. The standard InChI is InChI=1S/C13H9ClFN3O/c14-7-1-3-10(19)9(5-7)12-13(16)18-6-8(15)2-4-11(18)17-12/h1-6,19H,16H2. The van der Waals surface area contributed by atoms with Crippen molar-refractivity contribution >= 4 is 23.1 Å². The maximum Gasteiger partial charge on any atom is 0.140 e. The first kappa shape index (κ1) is 11.8. The number of nitrogen functional groups attached to an aromatic ring is 1. The molecule has 0 aliphatic rings. The molecule has 2 heterocycles. The van der Waals surface area contributed by atoms with E-state index in [1.165, 1.54) is 28.8 Å². The van der Waals surface area contributed by atoms with Crippen LogP contribution in [0.5, 0.6) is 5.75 Å². The first-order valence-corrected chi connectivity index (χ1v) is 5.86. The summed E-state index contributed by atoms with van der Waals surface area (Å²) in [6.45, 7) is 0. The third-order valence-corrected chi connectivity index (χ3v) is 3.07. The minimum absolute atomic E-state index is 0.0139. The third kappa shape index (κ3) is 1.88. The highest BCUT2D eigenvalue weighted by atomic mass is 35.5. The molecule has 0 aliphatic carbocycles. The second kappa shape index (κ2) is 4.13. The molecule has 96 valence electrons. The molecule has 0 spiro atoms. The molecule has 3 aromatic rings. The molecule has 0 saturated heterocycles. The summed E-state index contributed by atoms with van der Waals surface area (Å²) in [6, 6.07) is 7.39. The van der Waals surface area contributed by atoms with E-state index >= 15 is 0 Å². The zero-order chi connectivity index (χ0) is 13.6. The van der Waals surface area contributed by atoms with Crippen LogP contribution in [0.15, 0.2) is 36.5 Å². The van der Waals surface area contributed by atoms with Crippen molar-refractivity contribution in [1.29, 1.82) is 0 Å². The second-order valence-electron chi connectivity index (χ2n) is 4.08. The van der Waals surface area contributed by atoms with Crippen LogP contribution in [-0.4, -0.2) is 14.5 Å². The Hall–Kier alpha value is -2.27. The lowest BCUT2D eigenvalue weighted by Crippen LogP contribution is -1.95. The van der Waals surface area contributed by atoms with Gasteiger partial charge in [0.15, 0.2) is 0 Å². The molecule has 0 amide bonds. The number of fused-ring (bicyclic) bond motifs is 1. The number of nitrogens with two attached hydrogens (primary N) is 1. The number of benzene rings is 1. The Balaban J connectivity index is 2.31. The number of halogens is 2. The van der Waals surface area contributed by atoms with Gasteiger partial charge in [0.1, 0.15) is 28.7 Å². The van der Waals surface area contributed by atoms with Gasteiger partial charge in [0.2, 0.25) is 0 Å². The fourth-order valence-electron chi connectivity index (χ4n) is 1.93. The van der Waals surface area contributed by atoms with Gasteiger partial charge in [0, 0.05) is 16.8 Å². The maximum atomic E-state index is 13.2. The molecule has 0 atom stereocenters. The summed E-state index contributed by atoms with van der Waals surface area (Å²) in [5, 5.41) is 10.3.